The van der Waals surface area contributed by atoms with Gasteiger partial charge in [0.15, 0.2) is 11.6 Å². The van der Waals surface area contributed by atoms with Gasteiger partial charge < -0.3 is 14.9 Å². The first-order chi connectivity index (χ1) is 10.4. The van der Waals surface area contributed by atoms with Crippen molar-refractivity contribution < 1.29 is 28.5 Å². The Labute approximate surface area is 124 Å². The van der Waals surface area contributed by atoms with E-state index in [0.29, 0.717) is 5.75 Å². The molecule has 0 bridgehead atoms. The molecule has 3 rings (SSSR count). The average Bonchev–Trinajstić information content (AvgIpc) is 2.37. The number of hydrogen-bond acceptors (Lipinski definition) is 3. The molecule has 2 N–H and O–H groups in total. The Hall–Kier alpha value is -2.47. The number of hydrogen-bond donors (Lipinski definition) is 2. The van der Waals surface area contributed by atoms with Crippen molar-refractivity contribution in [3.05, 3.63) is 58.5 Å². The molecule has 0 saturated carbocycles. The maximum Gasteiger partial charge on any atom is 0.305 e. The van der Waals surface area contributed by atoms with E-state index in [1.54, 1.807) is 0 Å². The van der Waals surface area contributed by atoms with E-state index >= 15 is 0 Å². The minimum Gasteiger partial charge on any atom is -0.481 e. The third-order valence-corrected chi connectivity index (χ3v) is 2.88. The zero-order chi connectivity index (χ0) is 16.3. The van der Waals surface area contributed by atoms with Crippen molar-refractivity contribution >= 4 is 5.97 Å². The number of aliphatic carboxylic acids is 1. The first-order valence-electron chi connectivity index (χ1n) is 6.54. The molecule has 1 aromatic rings. The van der Waals surface area contributed by atoms with Crippen LogP contribution < -0.4 is 4.74 Å². The summed E-state index contributed by atoms with van der Waals surface area (Å²) in [7, 11) is 0. The maximum absolute atomic E-state index is 13.2. The lowest BCUT2D eigenvalue weighted by Gasteiger charge is -2.12. The summed E-state index contributed by atoms with van der Waals surface area (Å²) in [5.74, 6) is -1.57. The number of carbonyl (C=O) groups is 1. The van der Waals surface area contributed by atoms with Gasteiger partial charge in [-0.1, -0.05) is 12.1 Å². The molecule has 6 heteroatoms. The van der Waals surface area contributed by atoms with E-state index in [1.165, 1.54) is 19.1 Å². The molecule has 0 fully saturated rings. The molecule has 0 radical (unpaired) electrons. The van der Waals surface area contributed by atoms with Crippen LogP contribution in [0.15, 0.2) is 36.4 Å². The number of ether oxygens (including phenoxy) is 1. The minimum atomic E-state index is -0.963. The molecule has 116 valence electrons. The highest BCUT2D eigenvalue weighted by Crippen LogP contribution is 2.30. The first kappa shape index (κ1) is 15.9. The molecule has 2 aliphatic carbocycles. The lowest BCUT2D eigenvalue weighted by atomic mass is 10.1. The highest BCUT2D eigenvalue weighted by atomic mass is 19.1. The summed E-state index contributed by atoms with van der Waals surface area (Å²) in [4.78, 5) is 9.65. The predicted octanol–water partition coefficient (Wildman–Crippen LogP) is 3.20. The van der Waals surface area contributed by atoms with Crippen LogP contribution in [0.5, 0.6) is 11.5 Å². The number of aliphatic hydroxyl groups is 1. The van der Waals surface area contributed by atoms with Gasteiger partial charge in [0.25, 0.3) is 0 Å². The zero-order valence-corrected chi connectivity index (χ0v) is 11.7. The number of carboxylic acid groups (broad SMARTS) is 1. The molecule has 1 aromatic carbocycles. The summed E-state index contributed by atoms with van der Waals surface area (Å²) < 4.78 is 31.1. The van der Waals surface area contributed by atoms with Crippen molar-refractivity contribution in [1.29, 1.82) is 0 Å². The lowest BCUT2D eigenvalue weighted by Crippen LogP contribution is -2.07. The Bertz CT molecular complexity index is 787. The predicted molar refractivity (Wildman–Crippen MR) is 74.5 cm³/mol. The molecule has 0 heterocycles. The van der Waals surface area contributed by atoms with Gasteiger partial charge in [0.2, 0.25) is 0 Å². The van der Waals surface area contributed by atoms with Crippen LogP contribution in [-0.2, 0) is 4.79 Å². The van der Waals surface area contributed by atoms with Gasteiger partial charge in [-0.15, -0.1) is 0 Å². The van der Waals surface area contributed by atoms with E-state index in [9.17, 15) is 13.6 Å². The second-order valence-corrected chi connectivity index (χ2v) is 4.83. The van der Waals surface area contributed by atoms with Crippen molar-refractivity contribution in [2.45, 2.75) is 19.4 Å². The summed E-state index contributed by atoms with van der Waals surface area (Å²) >= 11 is 0. The van der Waals surface area contributed by atoms with Crippen LogP contribution in [0.4, 0.5) is 8.78 Å². The molecule has 0 aliphatic heterocycles. The van der Waals surface area contributed by atoms with Crippen LogP contribution in [0.25, 0.3) is 0 Å². The Kier molecular flexibility index (Phi) is 4.72. The van der Waals surface area contributed by atoms with Crippen molar-refractivity contribution in [3.63, 3.8) is 0 Å². The van der Waals surface area contributed by atoms with E-state index in [1.807, 2.05) is 18.2 Å². The third-order valence-electron chi connectivity index (χ3n) is 2.88. The van der Waals surface area contributed by atoms with E-state index < -0.39 is 23.7 Å². The van der Waals surface area contributed by atoms with Gasteiger partial charge in [0.05, 0.1) is 12.5 Å². The highest BCUT2D eigenvalue weighted by Gasteiger charge is 2.11. The first-order valence-corrected chi connectivity index (χ1v) is 6.54. The largest absolute Gasteiger partial charge is 0.481 e. The van der Waals surface area contributed by atoms with Crippen LogP contribution in [0.2, 0.25) is 0 Å². The standard InChI is InChI=1S/C12H6F2O.C4H8O3/c13-8-2-4-11(10(14)6-8)15-12-5-7-1-3-9(7)12;1-3(5)2-4(6)7/h1-6H;3,5H,2H2,1H3,(H,6,7). The fourth-order valence-electron chi connectivity index (χ4n) is 1.77. The van der Waals surface area contributed by atoms with E-state index in [-0.39, 0.29) is 12.2 Å². The fourth-order valence-corrected chi connectivity index (χ4v) is 1.77. The fraction of sp³-hybridized carbons (Fsp3) is 0.188. The Balaban J connectivity index is 0.000000217. The zero-order valence-electron chi connectivity index (χ0n) is 11.7. The number of benzene rings is 2. The smallest absolute Gasteiger partial charge is 0.305 e. The molecule has 1 atom stereocenters. The van der Waals surface area contributed by atoms with E-state index in [4.69, 9.17) is 14.9 Å². The van der Waals surface area contributed by atoms with Crippen molar-refractivity contribution in [1.82, 2.24) is 0 Å². The Morgan fingerprint density at radius 3 is 2.27 bits per heavy atom. The SMILES string of the molecule is CC(O)CC(=O)O.Fc1ccc(Oc2cc3ccc2=3)c(F)c1. The van der Waals surface area contributed by atoms with E-state index in [2.05, 4.69) is 0 Å². The van der Waals surface area contributed by atoms with Gasteiger partial charge in [-0.2, -0.15) is 0 Å². The normalized spacial score (nSPS) is 12.0. The van der Waals surface area contributed by atoms with Gasteiger partial charge in [-0.3, -0.25) is 4.79 Å². The van der Waals surface area contributed by atoms with Crippen LogP contribution in [0.3, 0.4) is 0 Å². The van der Waals surface area contributed by atoms with Gasteiger partial charge in [-0.25, -0.2) is 8.78 Å². The molecular weight excluding hydrogens is 294 g/mol. The molecule has 0 saturated heterocycles. The second kappa shape index (κ2) is 6.53. The van der Waals surface area contributed by atoms with Crippen LogP contribution in [-0.4, -0.2) is 22.3 Å². The van der Waals surface area contributed by atoms with Gasteiger partial charge >= 0.3 is 5.97 Å². The third kappa shape index (κ3) is 3.79. The second-order valence-electron chi connectivity index (χ2n) is 4.83. The van der Waals surface area contributed by atoms with Crippen LogP contribution in [0.1, 0.15) is 13.3 Å². The molecule has 0 spiro atoms. The lowest BCUT2D eigenvalue weighted by molar-refractivity contribution is -0.138. The van der Waals surface area contributed by atoms with Crippen molar-refractivity contribution in [3.8, 4) is 11.5 Å². The molecule has 22 heavy (non-hydrogen) atoms. The minimum absolute atomic E-state index is 0.0505. The Morgan fingerprint density at radius 1 is 1.18 bits per heavy atom. The summed E-state index contributed by atoms with van der Waals surface area (Å²) in [5, 5.41) is 18.4. The van der Waals surface area contributed by atoms with Gasteiger partial charge in [0.1, 0.15) is 11.6 Å². The van der Waals surface area contributed by atoms with E-state index in [0.717, 1.165) is 16.5 Å². The topological polar surface area (TPSA) is 66.8 Å². The monoisotopic (exact) mass is 308 g/mol. The van der Waals surface area contributed by atoms with Crippen molar-refractivity contribution in [2.75, 3.05) is 0 Å². The van der Waals surface area contributed by atoms with Crippen molar-refractivity contribution in [2.24, 2.45) is 0 Å². The van der Waals surface area contributed by atoms with Crippen LogP contribution in [0, 0.1) is 22.1 Å². The molecule has 0 amide bonds. The number of aliphatic hydroxyl groups excluding tert-OH is 1. The van der Waals surface area contributed by atoms with Gasteiger partial charge in [0, 0.05) is 11.3 Å². The summed E-state index contributed by atoms with van der Waals surface area (Å²) in [5.41, 5.74) is 0. The number of halogens is 2. The highest BCUT2D eigenvalue weighted by molar-refractivity contribution is 5.67. The molecule has 2 aliphatic rings. The molecule has 4 nitrogen and oxygen atoms in total. The average molecular weight is 308 g/mol. The molecule has 0 aromatic heterocycles. The quantitative estimate of drug-likeness (QED) is 0.777. The van der Waals surface area contributed by atoms with Crippen LogP contribution >= 0.6 is 0 Å². The number of rotatable bonds is 4. The summed E-state index contributed by atoms with van der Waals surface area (Å²) in [6, 6.07) is 8.92. The molecular formula is C16H14F2O4. The maximum atomic E-state index is 13.2. The summed E-state index contributed by atoms with van der Waals surface area (Å²) in [6.07, 6.45) is -0.891. The summed E-state index contributed by atoms with van der Waals surface area (Å²) in [6.45, 7) is 1.44. The molecule has 1 unspecified atom stereocenters. The van der Waals surface area contributed by atoms with Gasteiger partial charge in [-0.05, 0) is 30.3 Å². The number of carboxylic acids is 1. The Morgan fingerprint density at radius 2 is 1.91 bits per heavy atom.